The van der Waals surface area contributed by atoms with Gasteiger partial charge in [0.2, 0.25) is 7.37 Å². The smallest absolute Gasteiger partial charge is 0.320 e. The Labute approximate surface area is 105 Å². The zero-order valence-electron chi connectivity index (χ0n) is 9.69. The number of rotatable bonds is 6. The molecule has 1 unspecified atom stereocenters. The van der Waals surface area contributed by atoms with Crippen molar-refractivity contribution < 1.29 is 24.5 Å². The molecular weight excluding hydrogens is 257 g/mol. The fourth-order valence-corrected chi connectivity index (χ4v) is 2.34. The van der Waals surface area contributed by atoms with Crippen LogP contribution in [0.2, 0.25) is 0 Å². The SMILES string of the molecule is N[C@@H](Cc1ccc(CP(=O)(O)CO)cc1)C(=O)O. The minimum Gasteiger partial charge on any atom is -0.480 e. The van der Waals surface area contributed by atoms with Crippen LogP contribution in [0.5, 0.6) is 0 Å². The number of hydrogen-bond donors (Lipinski definition) is 4. The molecule has 0 saturated heterocycles. The van der Waals surface area contributed by atoms with Gasteiger partial charge in [-0.25, -0.2) is 0 Å². The minimum absolute atomic E-state index is 0.102. The second-order valence-electron chi connectivity index (χ2n) is 4.11. The topological polar surface area (TPSA) is 121 Å². The summed E-state index contributed by atoms with van der Waals surface area (Å²) >= 11 is 0. The lowest BCUT2D eigenvalue weighted by Gasteiger charge is -2.10. The quantitative estimate of drug-likeness (QED) is 0.555. The van der Waals surface area contributed by atoms with Crippen LogP contribution in [0.3, 0.4) is 0 Å². The summed E-state index contributed by atoms with van der Waals surface area (Å²) < 4.78 is 11.3. The van der Waals surface area contributed by atoms with E-state index in [1.807, 2.05) is 0 Å². The minimum atomic E-state index is -3.52. The second-order valence-corrected chi connectivity index (χ2v) is 6.40. The molecule has 0 heterocycles. The van der Waals surface area contributed by atoms with Crippen molar-refractivity contribution in [2.24, 2.45) is 5.73 Å². The molecule has 18 heavy (non-hydrogen) atoms. The maximum atomic E-state index is 11.3. The highest BCUT2D eigenvalue weighted by Crippen LogP contribution is 2.42. The first-order valence-electron chi connectivity index (χ1n) is 5.32. The maximum Gasteiger partial charge on any atom is 0.320 e. The van der Waals surface area contributed by atoms with Crippen molar-refractivity contribution in [3.63, 3.8) is 0 Å². The number of benzene rings is 1. The summed E-state index contributed by atoms with van der Waals surface area (Å²) in [5, 5.41) is 17.4. The van der Waals surface area contributed by atoms with E-state index in [-0.39, 0.29) is 12.6 Å². The van der Waals surface area contributed by atoms with Gasteiger partial charge in [0.1, 0.15) is 12.4 Å². The maximum absolute atomic E-state index is 11.3. The molecule has 5 N–H and O–H groups in total. The summed E-state index contributed by atoms with van der Waals surface area (Å²) in [6.45, 7) is 0. The van der Waals surface area contributed by atoms with E-state index in [1.165, 1.54) is 0 Å². The molecule has 0 aromatic heterocycles. The van der Waals surface area contributed by atoms with Gasteiger partial charge in [0, 0.05) is 0 Å². The number of carboxylic acids is 1. The summed E-state index contributed by atoms with van der Waals surface area (Å²) in [7, 11) is -3.52. The van der Waals surface area contributed by atoms with Gasteiger partial charge in [-0.1, -0.05) is 24.3 Å². The molecule has 1 aromatic carbocycles. The van der Waals surface area contributed by atoms with Crippen LogP contribution >= 0.6 is 7.37 Å². The van der Waals surface area contributed by atoms with E-state index in [9.17, 15) is 14.3 Å². The fourth-order valence-electron chi connectivity index (χ4n) is 1.46. The Morgan fingerprint density at radius 3 is 2.22 bits per heavy atom. The lowest BCUT2D eigenvalue weighted by molar-refractivity contribution is -0.138. The van der Waals surface area contributed by atoms with Crippen LogP contribution in [-0.4, -0.2) is 33.5 Å². The molecule has 0 aliphatic rings. The molecule has 1 rings (SSSR count). The zero-order chi connectivity index (χ0) is 13.8. The molecule has 0 spiro atoms. The number of carboxylic acid groups (broad SMARTS) is 1. The van der Waals surface area contributed by atoms with Crippen molar-refractivity contribution in [3.05, 3.63) is 35.4 Å². The second kappa shape index (κ2) is 6.11. The molecule has 1 aromatic rings. The Bertz CT molecular complexity index is 459. The van der Waals surface area contributed by atoms with E-state index in [0.717, 1.165) is 5.56 Å². The lowest BCUT2D eigenvalue weighted by atomic mass is 10.1. The van der Waals surface area contributed by atoms with Crippen LogP contribution in [0.25, 0.3) is 0 Å². The summed E-state index contributed by atoms with van der Waals surface area (Å²) in [6.07, 6.45) is -0.653. The van der Waals surface area contributed by atoms with Crippen LogP contribution in [-0.2, 0) is 21.9 Å². The van der Waals surface area contributed by atoms with Crippen molar-refractivity contribution >= 4 is 13.3 Å². The molecule has 2 atom stereocenters. The average molecular weight is 273 g/mol. The molecule has 0 bridgehead atoms. The van der Waals surface area contributed by atoms with Gasteiger partial charge in [-0.15, -0.1) is 0 Å². The Balaban J connectivity index is 2.69. The van der Waals surface area contributed by atoms with E-state index < -0.39 is 25.7 Å². The van der Waals surface area contributed by atoms with E-state index in [2.05, 4.69) is 0 Å². The van der Waals surface area contributed by atoms with E-state index >= 15 is 0 Å². The van der Waals surface area contributed by atoms with Gasteiger partial charge in [0.15, 0.2) is 0 Å². The van der Waals surface area contributed by atoms with Crippen molar-refractivity contribution in [2.45, 2.75) is 18.6 Å². The van der Waals surface area contributed by atoms with Crippen LogP contribution in [0.1, 0.15) is 11.1 Å². The van der Waals surface area contributed by atoms with Crippen molar-refractivity contribution in [2.75, 3.05) is 6.35 Å². The molecule has 7 heteroatoms. The molecule has 0 radical (unpaired) electrons. The zero-order valence-corrected chi connectivity index (χ0v) is 10.6. The normalized spacial score (nSPS) is 15.9. The number of hydrogen-bond acceptors (Lipinski definition) is 4. The Hall–Kier alpha value is -1.20. The molecule has 0 aliphatic carbocycles. The third-order valence-corrected chi connectivity index (χ3v) is 3.75. The van der Waals surface area contributed by atoms with Gasteiger partial charge in [0.05, 0.1) is 6.16 Å². The first-order chi connectivity index (χ1) is 8.34. The van der Waals surface area contributed by atoms with Crippen LogP contribution < -0.4 is 5.73 Å². The number of aliphatic hydroxyl groups is 1. The Morgan fingerprint density at radius 2 is 1.78 bits per heavy atom. The highest BCUT2D eigenvalue weighted by atomic mass is 31.2. The average Bonchev–Trinajstić information content (AvgIpc) is 2.31. The van der Waals surface area contributed by atoms with Gasteiger partial charge in [-0.2, -0.15) is 0 Å². The van der Waals surface area contributed by atoms with Gasteiger partial charge >= 0.3 is 5.97 Å². The van der Waals surface area contributed by atoms with Crippen LogP contribution in [0.15, 0.2) is 24.3 Å². The number of nitrogens with two attached hydrogens (primary N) is 1. The van der Waals surface area contributed by atoms with Crippen molar-refractivity contribution in [3.8, 4) is 0 Å². The van der Waals surface area contributed by atoms with Gasteiger partial charge in [0.25, 0.3) is 0 Å². The van der Waals surface area contributed by atoms with Crippen LogP contribution in [0, 0.1) is 0 Å². The molecule has 0 saturated carbocycles. The third-order valence-electron chi connectivity index (χ3n) is 2.45. The number of carbonyl (C=O) groups is 1. The van der Waals surface area contributed by atoms with Crippen molar-refractivity contribution in [1.29, 1.82) is 0 Å². The summed E-state index contributed by atoms with van der Waals surface area (Å²) in [4.78, 5) is 19.8. The highest BCUT2D eigenvalue weighted by Gasteiger charge is 2.17. The molecule has 0 fully saturated rings. The number of aliphatic carboxylic acids is 1. The molecule has 0 amide bonds. The first-order valence-corrected chi connectivity index (χ1v) is 7.35. The Morgan fingerprint density at radius 1 is 1.28 bits per heavy atom. The molecule has 6 nitrogen and oxygen atoms in total. The predicted molar refractivity (Wildman–Crippen MR) is 66.4 cm³/mol. The van der Waals surface area contributed by atoms with E-state index in [1.54, 1.807) is 24.3 Å². The Kier molecular flexibility index (Phi) is 5.04. The number of aliphatic hydroxyl groups excluding tert-OH is 1. The standard InChI is InChI=1S/C11H16NO5P/c12-10(11(14)15)5-8-1-3-9(4-2-8)6-18(16,17)7-13/h1-4,10,13H,5-7,12H2,(H,14,15)(H,16,17)/t10-/m0/s1. The van der Waals surface area contributed by atoms with Gasteiger partial charge in [-0.3, -0.25) is 9.36 Å². The van der Waals surface area contributed by atoms with Crippen LogP contribution in [0.4, 0.5) is 0 Å². The third kappa shape index (κ3) is 4.58. The summed E-state index contributed by atoms with van der Waals surface area (Å²) in [5.41, 5.74) is 6.75. The molecular formula is C11H16NO5P. The van der Waals surface area contributed by atoms with Crippen molar-refractivity contribution in [1.82, 2.24) is 0 Å². The highest BCUT2D eigenvalue weighted by molar-refractivity contribution is 7.56. The van der Waals surface area contributed by atoms with Gasteiger partial charge < -0.3 is 20.8 Å². The van der Waals surface area contributed by atoms with Gasteiger partial charge in [-0.05, 0) is 17.5 Å². The summed E-state index contributed by atoms with van der Waals surface area (Å²) in [5.74, 6) is -1.07. The lowest BCUT2D eigenvalue weighted by Crippen LogP contribution is -2.32. The predicted octanol–water partition coefficient (Wildman–Crippen LogP) is 0.361. The van der Waals surface area contributed by atoms with E-state index in [4.69, 9.17) is 15.9 Å². The fraction of sp³-hybridized carbons (Fsp3) is 0.364. The molecule has 0 aliphatic heterocycles. The monoisotopic (exact) mass is 273 g/mol. The summed E-state index contributed by atoms with van der Waals surface area (Å²) in [6, 6.07) is 5.62. The molecule has 100 valence electrons. The van der Waals surface area contributed by atoms with E-state index in [0.29, 0.717) is 5.56 Å². The first kappa shape index (κ1) is 14.9. The largest absolute Gasteiger partial charge is 0.480 e.